The van der Waals surface area contributed by atoms with Gasteiger partial charge in [0.15, 0.2) is 6.61 Å². The van der Waals surface area contributed by atoms with E-state index in [9.17, 15) is 9.59 Å². The molecule has 0 fully saturated rings. The van der Waals surface area contributed by atoms with Gasteiger partial charge in [-0.2, -0.15) is 5.10 Å². The highest BCUT2D eigenvalue weighted by atomic mass is 35.5. The maximum Gasteiger partial charge on any atom is 0.331 e. The Kier molecular flexibility index (Phi) is 6.94. The Labute approximate surface area is 198 Å². The van der Waals surface area contributed by atoms with Crippen molar-refractivity contribution < 1.29 is 14.3 Å². The van der Waals surface area contributed by atoms with Gasteiger partial charge in [0, 0.05) is 35.4 Å². The number of ether oxygens (including phenoxy) is 1. The highest BCUT2D eigenvalue weighted by Gasteiger charge is 2.21. The summed E-state index contributed by atoms with van der Waals surface area (Å²) >= 11 is 6.27. The molecule has 0 aliphatic carbocycles. The van der Waals surface area contributed by atoms with Crippen LogP contribution >= 0.6 is 11.6 Å². The summed E-state index contributed by atoms with van der Waals surface area (Å²) in [4.78, 5) is 26.5. The quantitative estimate of drug-likeness (QED) is 0.403. The molecule has 2 aromatic carbocycles. The van der Waals surface area contributed by atoms with Gasteiger partial charge < -0.3 is 9.64 Å². The molecular weight excluding hydrogens is 438 g/mol. The SMILES string of the molecule is Cc1nn(Cc2ccccc2Cl)c(C)c1/C=C/C(=O)OCC(=O)N1CCc2ccccc2C1. The third-order valence-corrected chi connectivity index (χ3v) is 6.29. The minimum atomic E-state index is -0.557. The fraction of sp³-hybridized carbons (Fsp3) is 0.269. The van der Waals surface area contributed by atoms with Gasteiger partial charge in [-0.25, -0.2) is 4.79 Å². The fourth-order valence-electron chi connectivity index (χ4n) is 4.03. The molecule has 1 aliphatic rings. The van der Waals surface area contributed by atoms with Crippen LogP contribution in [0.2, 0.25) is 5.02 Å². The molecule has 33 heavy (non-hydrogen) atoms. The van der Waals surface area contributed by atoms with Gasteiger partial charge in [-0.15, -0.1) is 0 Å². The second-order valence-corrected chi connectivity index (χ2v) is 8.52. The number of benzene rings is 2. The van der Waals surface area contributed by atoms with Gasteiger partial charge in [-0.3, -0.25) is 9.48 Å². The molecule has 0 radical (unpaired) electrons. The number of hydrogen-bond donors (Lipinski definition) is 0. The van der Waals surface area contributed by atoms with Crippen LogP contribution in [0.3, 0.4) is 0 Å². The summed E-state index contributed by atoms with van der Waals surface area (Å²) in [5, 5.41) is 5.26. The summed E-state index contributed by atoms with van der Waals surface area (Å²) in [7, 11) is 0. The lowest BCUT2D eigenvalue weighted by Gasteiger charge is -2.28. The van der Waals surface area contributed by atoms with E-state index in [1.165, 1.54) is 11.6 Å². The van der Waals surface area contributed by atoms with Gasteiger partial charge >= 0.3 is 5.97 Å². The van der Waals surface area contributed by atoms with Gasteiger partial charge in [0.05, 0.1) is 12.2 Å². The van der Waals surface area contributed by atoms with Gasteiger partial charge in [-0.1, -0.05) is 54.1 Å². The number of rotatable bonds is 6. The van der Waals surface area contributed by atoms with Crippen LogP contribution in [0.25, 0.3) is 6.08 Å². The minimum absolute atomic E-state index is 0.189. The number of amides is 1. The predicted octanol–water partition coefficient (Wildman–Crippen LogP) is 4.34. The highest BCUT2D eigenvalue weighted by Crippen LogP contribution is 2.21. The molecule has 2 heterocycles. The molecule has 0 spiro atoms. The molecule has 0 atom stereocenters. The standard InChI is InChI=1S/C26H26ClN3O3/c1-18-23(19(2)30(28-18)16-22-9-5-6-10-24(22)27)11-12-26(32)33-17-25(31)29-14-13-20-7-3-4-8-21(20)15-29/h3-12H,13-17H2,1-2H3/b12-11+. The number of carbonyl (C=O) groups excluding carboxylic acids is 2. The van der Waals surface area contributed by atoms with Crippen molar-refractivity contribution in [1.82, 2.24) is 14.7 Å². The average Bonchev–Trinajstić information content (AvgIpc) is 3.09. The van der Waals surface area contributed by atoms with Crippen LogP contribution < -0.4 is 0 Å². The number of fused-ring (bicyclic) bond motifs is 1. The smallest absolute Gasteiger partial charge is 0.331 e. The first-order chi connectivity index (χ1) is 15.9. The number of carbonyl (C=O) groups is 2. The zero-order chi connectivity index (χ0) is 23.4. The van der Waals surface area contributed by atoms with E-state index in [0.717, 1.165) is 34.5 Å². The summed E-state index contributed by atoms with van der Waals surface area (Å²) < 4.78 is 7.06. The van der Waals surface area contributed by atoms with Gasteiger partial charge in [-0.05, 0) is 49.1 Å². The average molecular weight is 464 g/mol. The van der Waals surface area contributed by atoms with Crippen LogP contribution in [0.15, 0.2) is 54.6 Å². The van der Waals surface area contributed by atoms with Crippen LogP contribution in [-0.4, -0.2) is 39.7 Å². The fourth-order valence-corrected chi connectivity index (χ4v) is 4.22. The molecule has 170 valence electrons. The van der Waals surface area contributed by atoms with Crippen LogP contribution in [0.4, 0.5) is 0 Å². The van der Waals surface area contributed by atoms with Gasteiger partial charge in [0.25, 0.3) is 5.91 Å². The molecule has 0 unspecified atom stereocenters. The number of hydrogen-bond acceptors (Lipinski definition) is 4. The monoisotopic (exact) mass is 463 g/mol. The molecule has 6 nitrogen and oxygen atoms in total. The Morgan fingerprint density at radius 3 is 2.61 bits per heavy atom. The topological polar surface area (TPSA) is 64.4 Å². The molecule has 0 bridgehead atoms. The predicted molar refractivity (Wildman–Crippen MR) is 128 cm³/mol. The number of aromatic nitrogens is 2. The second kappa shape index (κ2) is 10.0. The van der Waals surface area contributed by atoms with Crippen LogP contribution in [0, 0.1) is 13.8 Å². The molecule has 0 saturated heterocycles. The Morgan fingerprint density at radius 1 is 1.09 bits per heavy atom. The van der Waals surface area contributed by atoms with Crippen LogP contribution in [-0.2, 0) is 33.8 Å². The number of halogens is 1. The van der Waals surface area contributed by atoms with Crippen molar-refractivity contribution in [2.24, 2.45) is 0 Å². The first kappa shape index (κ1) is 22.8. The zero-order valence-electron chi connectivity index (χ0n) is 18.8. The van der Waals surface area contributed by atoms with Crippen molar-refractivity contribution in [3.63, 3.8) is 0 Å². The molecule has 7 heteroatoms. The van der Waals surface area contributed by atoms with E-state index < -0.39 is 5.97 Å². The number of esters is 1. The van der Waals surface area contributed by atoms with E-state index in [4.69, 9.17) is 16.3 Å². The number of nitrogens with zero attached hydrogens (tertiary/aromatic N) is 3. The van der Waals surface area contributed by atoms with Crippen molar-refractivity contribution in [3.05, 3.63) is 93.3 Å². The van der Waals surface area contributed by atoms with Crippen LogP contribution in [0.1, 0.15) is 33.6 Å². The number of aryl methyl sites for hydroxylation is 1. The lowest BCUT2D eigenvalue weighted by molar-refractivity contribution is -0.148. The van der Waals surface area contributed by atoms with Crippen molar-refractivity contribution >= 4 is 29.6 Å². The second-order valence-electron chi connectivity index (χ2n) is 8.11. The molecule has 1 aliphatic heterocycles. The summed E-state index contributed by atoms with van der Waals surface area (Å²) in [6, 6.07) is 15.7. The van der Waals surface area contributed by atoms with E-state index in [1.54, 1.807) is 11.0 Å². The lowest BCUT2D eigenvalue weighted by atomic mass is 10.00. The van der Waals surface area contributed by atoms with E-state index >= 15 is 0 Å². The summed E-state index contributed by atoms with van der Waals surface area (Å²) in [6.07, 6.45) is 3.84. The van der Waals surface area contributed by atoms with E-state index in [1.807, 2.05) is 61.0 Å². The first-order valence-corrected chi connectivity index (χ1v) is 11.3. The Morgan fingerprint density at radius 2 is 1.82 bits per heavy atom. The highest BCUT2D eigenvalue weighted by molar-refractivity contribution is 6.31. The maximum absolute atomic E-state index is 12.5. The van der Waals surface area contributed by atoms with Gasteiger partial charge in [0.1, 0.15) is 0 Å². The lowest BCUT2D eigenvalue weighted by Crippen LogP contribution is -2.38. The van der Waals surface area contributed by atoms with Crippen molar-refractivity contribution in [3.8, 4) is 0 Å². The van der Waals surface area contributed by atoms with Crippen molar-refractivity contribution in [2.45, 2.75) is 33.4 Å². The van der Waals surface area contributed by atoms with Gasteiger partial charge in [0.2, 0.25) is 0 Å². The summed E-state index contributed by atoms with van der Waals surface area (Å²) in [5.74, 6) is -0.746. The van der Waals surface area contributed by atoms with Crippen LogP contribution in [0.5, 0.6) is 0 Å². The Bertz CT molecular complexity index is 1220. The molecular formula is C26H26ClN3O3. The minimum Gasteiger partial charge on any atom is -0.452 e. The normalized spacial score (nSPS) is 13.2. The largest absolute Gasteiger partial charge is 0.452 e. The maximum atomic E-state index is 12.5. The van der Waals surface area contributed by atoms with Crippen molar-refractivity contribution in [1.29, 1.82) is 0 Å². The van der Waals surface area contributed by atoms with E-state index in [0.29, 0.717) is 24.7 Å². The van der Waals surface area contributed by atoms with E-state index in [-0.39, 0.29) is 12.5 Å². The summed E-state index contributed by atoms with van der Waals surface area (Å²) in [6.45, 7) is 5.28. The molecule has 3 aromatic rings. The Hall–Kier alpha value is -3.38. The van der Waals surface area contributed by atoms with Crippen molar-refractivity contribution in [2.75, 3.05) is 13.2 Å². The molecule has 0 N–H and O–H groups in total. The molecule has 1 aromatic heterocycles. The third-order valence-electron chi connectivity index (χ3n) is 5.92. The zero-order valence-corrected chi connectivity index (χ0v) is 19.5. The molecule has 1 amide bonds. The third kappa shape index (κ3) is 5.34. The molecule has 0 saturated carbocycles. The first-order valence-electron chi connectivity index (χ1n) is 10.9. The summed E-state index contributed by atoms with van der Waals surface area (Å²) in [5.41, 5.74) is 5.94. The van der Waals surface area contributed by atoms with E-state index in [2.05, 4.69) is 11.2 Å². The Balaban J connectivity index is 1.34. The molecule has 4 rings (SSSR count).